The number of benzene rings is 2. The third-order valence-corrected chi connectivity index (χ3v) is 3.12. The van der Waals surface area contributed by atoms with Gasteiger partial charge in [0.15, 0.2) is 5.75 Å². The summed E-state index contributed by atoms with van der Waals surface area (Å²) in [5.74, 6) is -0.659. The molecule has 0 aliphatic rings. The van der Waals surface area contributed by atoms with Crippen molar-refractivity contribution in [3.05, 3.63) is 58.6 Å². The van der Waals surface area contributed by atoms with Crippen molar-refractivity contribution < 1.29 is 22.3 Å². The number of rotatable bonds is 3. The van der Waals surface area contributed by atoms with E-state index in [1.165, 1.54) is 30.3 Å². The molecule has 8 heteroatoms. The van der Waals surface area contributed by atoms with Crippen LogP contribution in [0.15, 0.2) is 42.5 Å². The van der Waals surface area contributed by atoms with Gasteiger partial charge in [-0.05, 0) is 36.4 Å². The largest absolute Gasteiger partial charge is 0.416 e. The van der Waals surface area contributed by atoms with Crippen LogP contribution < -0.4 is 9.61 Å². The SMILES string of the molecule is O=C(Nc1cccc(C(F)(F)F)c1)c1cc(Cl)ccc1OCl. The zero-order valence-electron chi connectivity index (χ0n) is 10.7. The van der Waals surface area contributed by atoms with Crippen LogP contribution in [-0.2, 0) is 6.18 Å². The number of nitrogens with one attached hydrogen (secondary N) is 1. The molecule has 3 nitrogen and oxygen atoms in total. The lowest BCUT2D eigenvalue weighted by molar-refractivity contribution is -0.137. The van der Waals surface area contributed by atoms with Crippen LogP contribution in [0, 0.1) is 0 Å². The maximum atomic E-state index is 12.6. The molecule has 0 atom stereocenters. The molecule has 2 aromatic carbocycles. The van der Waals surface area contributed by atoms with Crippen LogP contribution in [0.5, 0.6) is 5.75 Å². The van der Waals surface area contributed by atoms with Gasteiger partial charge in [0, 0.05) is 10.7 Å². The molecule has 0 spiro atoms. The minimum atomic E-state index is -4.50. The summed E-state index contributed by atoms with van der Waals surface area (Å²) in [4.78, 5) is 12.1. The molecule has 0 radical (unpaired) electrons. The van der Waals surface area contributed by atoms with Gasteiger partial charge in [-0.15, -0.1) is 0 Å². The smallest absolute Gasteiger partial charge is 0.385 e. The maximum absolute atomic E-state index is 12.6. The number of carbonyl (C=O) groups excluding carboxylic acids is 1. The van der Waals surface area contributed by atoms with E-state index in [9.17, 15) is 18.0 Å². The second kappa shape index (κ2) is 6.46. The average molecular weight is 350 g/mol. The van der Waals surface area contributed by atoms with Gasteiger partial charge < -0.3 is 9.61 Å². The Kier molecular flexibility index (Phi) is 4.83. The van der Waals surface area contributed by atoms with Gasteiger partial charge in [0.25, 0.3) is 5.91 Å². The first-order valence-corrected chi connectivity index (χ1v) is 6.56. The van der Waals surface area contributed by atoms with E-state index < -0.39 is 17.6 Å². The molecule has 116 valence electrons. The van der Waals surface area contributed by atoms with Crippen molar-refractivity contribution >= 4 is 35.1 Å². The highest BCUT2D eigenvalue weighted by Gasteiger charge is 2.30. The summed E-state index contributed by atoms with van der Waals surface area (Å²) < 4.78 is 42.4. The van der Waals surface area contributed by atoms with E-state index in [1.807, 2.05) is 0 Å². The topological polar surface area (TPSA) is 38.3 Å². The predicted molar refractivity (Wildman–Crippen MR) is 77.3 cm³/mol. The van der Waals surface area contributed by atoms with Crippen LogP contribution in [-0.4, -0.2) is 5.91 Å². The highest BCUT2D eigenvalue weighted by atomic mass is 35.5. The molecular weight excluding hydrogens is 342 g/mol. The summed E-state index contributed by atoms with van der Waals surface area (Å²) >= 11 is 11.0. The average Bonchev–Trinajstić information content (AvgIpc) is 2.46. The standard InChI is InChI=1S/C14H8Cl2F3NO2/c15-9-4-5-12(22-16)11(7-9)13(21)20-10-3-1-2-8(6-10)14(17,18)19/h1-7H,(H,20,21). The van der Waals surface area contributed by atoms with Crippen LogP contribution in [0.25, 0.3) is 0 Å². The highest BCUT2D eigenvalue weighted by molar-refractivity contribution is 6.31. The second-order valence-electron chi connectivity index (χ2n) is 4.25. The molecule has 0 aliphatic carbocycles. The van der Waals surface area contributed by atoms with E-state index in [2.05, 4.69) is 9.61 Å². The van der Waals surface area contributed by atoms with E-state index in [-0.39, 0.29) is 22.0 Å². The number of alkyl halides is 3. The fourth-order valence-electron chi connectivity index (χ4n) is 1.72. The molecule has 22 heavy (non-hydrogen) atoms. The molecule has 0 bridgehead atoms. The quantitative estimate of drug-likeness (QED) is 0.832. The molecule has 0 unspecified atom stereocenters. The Morgan fingerprint density at radius 1 is 1.14 bits per heavy atom. The Morgan fingerprint density at radius 3 is 2.50 bits per heavy atom. The molecule has 2 rings (SSSR count). The van der Waals surface area contributed by atoms with Crippen LogP contribution in [0.2, 0.25) is 5.02 Å². The predicted octanol–water partition coefficient (Wildman–Crippen LogP) is 5.14. The molecule has 1 amide bonds. The Labute approximate surface area is 133 Å². The monoisotopic (exact) mass is 349 g/mol. The van der Waals surface area contributed by atoms with Crippen molar-refractivity contribution in [3.8, 4) is 5.75 Å². The summed E-state index contributed by atoms with van der Waals surface area (Å²) in [7, 11) is 0. The Balaban J connectivity index is 2.28. The van der Waals surface area contributed by atoms with Gasteiger partial charge in [-0.2, -0.15) is 13.2 Å². The lowest BCUT2D eigenvalue weighted by Gasteiger charge is -2.11. The van der Waals surface area contributed by atoms with Gasteiger partial charge in [-0.25, -0.2) is 0 Å². The van der Waals surface area contributed by atoms with Crippen molar-refractivity contribution in [2.24, 2.45) is 0 Å². The zero-order chi connectivity index (χ0) is 16.3. The molecule has 0 fully saturated rings. The third kappa shape index (κ3) is 3.84. The molecule has 2 aromatic rings. The van der Waals surface area contributed by atoms with Gasteiger partial charge in [0.2, 0.25) is 0 Å². The molecule has 0 heterocycles. The molecular formula is C14H8Cl2F3NO2. The van der Waals surface area contributed by atoms with Crippen LogP contribution in [0.3, 0.4) is 0 Å². The Bertz CT molecular complexity index is 705. The van der Waals surface area contributed by atoms with E-state index >= 15 is 0 Å². The number of hydrogen-bond donors (Lipinski definition) is 1. The van der Waals surface area contributed by atoms with Crippen molar-refractivity contribution in [3.63, 3.8) is 0 Å². The van der Waals surface area contributed by atoms with Crippen molar-refractivity contribution in [2.75, 3.05) is 5.32 Å². The summed E-state index contributed by atoms with van der Waals surface area (Å²) in [5.41, 5.74) is -0.884. The second-order valence-corrected chi connectivity index (χ2v) is 4.84. The maximum Gasteiger partial charge on any atom is 0.416 e. The number of amides is 1. The minimum absolute atomic E-state index is 0.0000817. The van der Waals surface area contributed by atoms with Crippen molar-refractivity contribution in [2.45, 2.75) is 6.18 Å². The lowest BCUT2D eigenvalue weighted by Crippen LogP contribution is -2.14. The van der Waals surface area contributed by atoms with Gasteiger partial charge in [0.05, 0.1) is 11.1 Å². The van der Waals surface area contributed by atoms with Crippen LogP contribution in [0.4, 0.5) is 18.9 Å². The fourth-order valence-corrected chi connectivity index (χ4v) is 2.03. The molecule has 0 aliphatic heterocycles. The summed E-state index contributed by atoms with van der Waals surface area (Å²) in [6, 6.07) is 8.37. The molecule has 0 saturated heterocycles. The Morgan fingerprint density at radius 2 is 1.86 bits per heavy atom. The van der Waals surface area contributed by atoms with Crippen LogP contribution >= 0.6 is 23.5 Å². The fraction of sp³-hybridized carbons (Fsp3) is 0.0714. The van der Waals surface area contributed by atoms with E-state index in [4.69, 9.17) is 23.5 Å². The number of anilines is 1. The lowest BCUT2D eigenvalue weighted by atomic mass is 10.1. The molecule has 1 N–H and O–H groups in total. The van der Waals surface area contributed by atoms with Gasteiger partial charge in [-0.1, -0.05) is 17.7 Å². The summed E-state index contributed by atoms with van der Waals surface area (Å²) in [6.07, 6.45) is -4.50. The third-order valence-electron chi connectivity index (χ3n) is 2.72. The minimum Gasteiger partial charge on any atom is -0.385 e. The van der Waals surface area contributed by atoms with Gasteiger partial charge >= 0.3 is 6.18 Å². The zero-order valence-corrected chi connectivity index (χ0v) is 12.3. The Hall–Kier alpha value is -1.92. The normalized spacial score (nSPS) is 11.1. The first-order chi connectivity index (χ1) is 10.3. The molecule has 0 saturated carbocycles. The number of carbonyl (C=O) groups is 1. The number of hydrogen-bond acceptors (Lipinski definition) is 2. The van der Waals surface area contributed by atoms with Crippen molar-refractivity contribution in [1.29, 1.82) is 0 Å². The first-order valence-electron chi connectivity index (χ1n) is 5.88. The van der Waals surface area contributed by atoms with E-state index in [0.717, 1.165) is 12.1 Å². The van der Waals surface area contributed by atoms with Crippen molar-refractivity contribution in [1.82, 2.24) is 0 Å². The van der Waals surface area contributed by atoms with Gasteiger partial charge in [0.1, 0.15) is 11.9 Å². The summed E-state index contributed by atoms with van der Waals surface area (Å²) in [6.45, 7) is 0. The van der Waals surface area contributed by atoms with Gasteiger partial charge in [-0.3, -0.25) is 4.79 Å². The van der Waals surface area contributed by atoms with E-state index in [0.29, 0.717) is 0 Å². The first kappa shape index (κ1) is 16.5. The number of halogens is 5. The summed E-state index contributed by atoms with van der Waals surface area (Å²) in [5, 5.41) is 2.59. The highest BCUT2D eigenvalue weighted by Crippen LogP contribution is 2.31. The molecule has 0 aromatic heterocycles. The van der Waals surface area contributed by atoms with E-state index in [1.54, 1.807) is 0 Å². The van der Waals surface area contributed by atoms with Crippen LogP contribution in [0.1, 0.15) is 15.9 Å².